The van der Waals surface area contributed by atoms with Crippen molar-refractivity contribution >= 4 is 5.97 Å². The van der Waals surface area contributed by atoms with Crippen LogP contribution < -0.4 is 0 Å². The van der Waals surface area contributed by atoms with Gasteiger partial charge in [0.15, 0.2) is 0 Å². The predicted octanol–water partition coefficient (Wildman–Crippen LogP) is 2.84. The van der Waals surface area contributed by atoms with Gasteiger partial charge in [-0.2, -0.15) is 0 Å². The molecule has 2 saturated carbocycles. The van der Waals surface area contributed by atoms with Crippen molar-refractivity contribution in [2.45, 2.75) is 39.5 Å². The van der Waals surface area contributed by atoms with E-state index in [0.717, 1.165) is 5.92 Å². The minimum Gasteiger partial charge on any atom is -0.481 e. The van der Waals surface area contributed by atoms with Crippen molar-refractivity contribution in [3.05, 3.63) is 11.6 Å². The Morgan fingerprint density at radius 3 is 2.79 bits per heavy atom. The zero-order valence-corrected chi connectivity index (χ0v) is 8.92. The molecule has 2 atom stereocenters. The lowest BCUT2D eigenvalue weighted by Crippen LogP contribution is -2.22. The first kappa shape index (κ1) is 9.75. The van der Waals surface area contributed by atoms with Crippen molar-refractivity contribution in [2.75, 3.05) is 0 Å². The normalized spacial score (nSPS) is 36.6. The molecule has 1 N–H and O–H groups in total. The molecule has 0 amide bonds. The molecule has 0 radical (unpaired) electrons. The van der Waals surface area contributed by atoms with Gasteiger partial charge >= 0.3 is 5.97 Å². The van der Waals surface area contributed by atoms with Crippen LogP contribution in [0, 0.1) is 17.3 Å². The van der Waals surface area contributed by atoms with Gasteiger partial charge in [0, 0.05) is 0 Å². The van der Waals surface area contributed by atoms with E-state index in [1.807, 2.05) is 6.08 Å². The number of hydrogen-bond acceptors (Lipinski definition) is 1. The highest BCUT2D eigenvalue weighted by molar-refractivity contribution is 5.68. The Bertz CT molecular complexity index is 289. The number of carbonyl (C=O) groups is 1. The van der Waals surface area contributed by atoms with Crippen LogP contribution in [0.15, 0.2) is 11.6 Å². The van der Waals surface area contributed by atoms with Crippen LogP contribution in [-0.2, 0) is 4.79 Å². The summed E-state index contributed by atoms with van der Waals surface area (Å²) in [4.78, 5) is 10.5. The second-order valence-electron chi connectivity index (χ2n) is 5.19. The molecule has 0 saturated heterocycles. The van der Waals surface area contributed by atoms with Gasteiger partial charge in [-0.15, -0.1) is 0 Å². The van der Waals surface area contributed by atoms with Crippen molar-refractivity contribution in [1.82, 2.24) is 0 Å². The molecule has 2 unspecified atom stereocenters. The number of carboxylic acids is 1. The Balaban J connectivity index is 2.19. The first-order chi connectivity index (χ1) is 6.51. The second-order valence-corrected chi connectivity index (χ2v) is 5.19. The summed E-state index contributed by atoms with van der Waals surface area (Å²) in [5.74, 6) is 0.776. The average Bonchev–Trinajstić information content (AvgIpc) is 2.59. The van der Waals surface area contributed by atoms with Crippen molar-refractivity contribution in [2.24, 2.45) is 17.3 Å². The minimum atomic E-state index is -0.712. The van der Waals surface area contributed by atoms with Crippen LogP contribution in [0.1, 0.15) is 39.5 Å². The van der Waals surface area contributed by atoms with E-state index in [9.17, 15) is 4.79 Å². The summed E-state index contributed by atoms with van der Waals surface area (Å²) in [6, 6.07) is 0. The molecule has 2 aliphatic carbocycles. The number of carboxylic acid groups (broad SMARTS) is 1. The van der Waals surface area contributed by atoms with Crippen molar-refractivity contribution in [1.29, 1.82) is 0 Å². The highest BCUT2D eigenvalue weighted by Crippen LogP contribution is 2.58. The van der Waals surface area contributed by atoms with Gasteiger partial charge in [-0.25, -0.2) is 0 Å². The van der Waals surface area contributed by atoms with Gasteiger partial charge < -0.3 is 5.11 Å². The monoisotopic (exact) mass is 194 g/mol. The third-order valence-electron chi connectivity index (χ3n) is 4.13. The van der Waals surface area contributed by atoms with E-state index < -0.39 is 5.97 Å². The Morgan fingerprint density at radius 2 is 2.29 bits per heavy atom. The Kier molecular flexibility index (Phi) is 2.17. The summed E-state index contributed by atoms with van der Waals surface area (Å²) in [6.07, 6.45) is 6.06. The third-order valence-corrected chi connectivity index (χ3v) is 4.13. The van der Waals surface area contributed by atoms with Gasteiger partial charge in [-0.3, -0.25) is 4.79 Å². The molecule has 0 aromatic carbocycles. The lowest BCUT2D eigenvalue weighted by molar-refractivity contribution is -0.136. The molecule has 0 heterocycles. The molecule has 2 heteroatoms. The van der Waals surface area contributed by atoms with E-state index in [1.165, 1.54) is 24.8 Å². The predicted molar refractivity (Wildman–Crippen MR) is 54.9 cm³/mol. The molecule has 0 aromatic rings. The molecule has 2 fully saturated rings. The summed E-state index contributed by atoms with van der Waals surface area (Å²) in [7, 11) is 0. The maximum atomic E-state index is 10.5. The quantitative estimate of drug-likeness (QED) is 0.686. The van der Waals surface area contributed by atoms with Crippen LogP contribution in [0.2, 0.25) is 0 Å². The molecular formula is C12H18O2. The van der Waals surface area contributed by atoms with E-state index in [4.69, 9.17) is 5.11 Å². The van der Waals surface area contributed by atoms with Crippen molar-refractivity contribution in [3.8, 4) is 0 Å². The van der Waals surface area contributed by atoms with E-state index in [0.29, 0.717) is 5.92 Å². The molecule has 0 aromatic heterocycles. The fourth-order valence-corrected chi connectivity index (χ4v) is 3.31. The first-order valence-electron chi connectivity index (χ1n) is 5.44. The zero-order chi connectivity index (χ0) is 10.3. The van der Waals surface area contributed by atoms with Crippen molar-refractivity contribution in [3.63, 3.8) is 0 Å². The number of rotatable bonds is 2. The van der Waals surface area contributed by atoms with Gasteiger partial charge in [0.1, 0.15) is 0 Å². The van der Waals surface area contributed by atoms with Crippen LogP contribution in [0.4, 0.5) is 0 Å². The molecule has 0 spiro atoms. The lowest BCUT2D eigenvalue weighted by atomic mass is 9.72. The van der Waals surface area contributed by atoms with Crippen LogP contribution in [0.25, 0.3) is 0 Å². The van der Waals surface area contributed by atoms with E-state index in [-0.39, 0.29) is 11.8 Å². The summed E-state index contributed by atoms with van der Waals surface area (Å²) in [6.45, 7) is 4.54. The van der Waals surface area contributed by atoms with E-state index in [2.05, 4.69) is 13.8 Å². The van der Waals surface area contributed by atoms with E-state index in [1.54, 1.807) is 0 Å². The molecule has 2 nitrogen and oxygen atoms in total. The molecule has 78 valence electrons. The van der Waals surface area contributed by atoms with Crippen LogP contribution >= 0.6 is 0 Å². The maximum Gasteiger partial charge on any atom is 0.307 e. The summed E-state index contributed by atoms with van der Waals surface area (Å²) in [5.41, 5.74) is 1.68. The summed E-state index contributed by atoms with van der Waals surface area (Å²) in [5, 5.41) is 8.67. The number of aliphatic carboxylic acids is 1. The van der Waals surface area contributed by atoms with Gasteiger partial charge in [0.2, 0.25) is 0 Å². The molecule has 14 heavy (non-hydrogen) atoms. The Labute approximate surface area is 85.0 Å². The fraction of sp³-hybridized carbons (Fsp3) is 0.750. The van der Waals surface area contributed by atoms with Crippen LogP contribution in [-0.4, -0.2) is 11.1 Å². The van der Waals surface area contributed by atoms with Gasteiger partial charge in [-0.1, -0.05) is 25.5 Å². The number of allylic oxidation sites excluding steroid dienone is 1. The smallest absolute Gasteiger partial charge is 0.307 e. The standard InChI is InChI=1S/C12H18O2/c1-12(2)9-4-3-8(7-9)10(12)5-6-11(13)14/h5,8-9H,3-4,6-7H2,1-2H3,(H,13,14)/b10-5-. The minimum absolute atomic E-state index is 0.196. The van der Waals surface area contributed by atoms with Gasteiger partial charge in [0.25, 0.3) is 0 Å². The summed E-state index contributed by atoms with van der Waals surface area (Å²) < 4.78 is 0. The van der Waals surface area contributed by atoms with Gasteiger partial charge in [-0.05, 0) is 36.5 Å². The number of hydrogen-bond donors (Lipinski definition) is 1. The number of fused-ring (bicyclic) bond motifs is 2. The average molecular weight is 194 g/mol. The molecule has 2 aliphatic rings. The Hall–Kier alpha value is -0.790. The summed E-state index contributed by atoms with van der Waals surface area (Å²) >= 11 is 0. The topological polar surface area (TPSA) is 37.3 Å². The second kappa shape index (κ2) is 3.11. The molecule has 2 bridgehead atoms. The Morgan fingerprint density at radius 1 is 1.57 bits per heavy atom. The zero-order valence-electron chi connectivity index (χ0n) is 8.92. The highest BCUT2D eigenvalue weighted by Gasteiger charge is 2.48. The lowest BCUT2D eigenvalue weighted by Gasteiger charge is -2.32. The van der Waals surface area contributed by atoms with Crippen LogP contribution in [0.5, 0.6) is 0 Å². The van der Waals surface area contributed by atoms with Crippen molar-refractivity contribution < 1.29 is 9.90 Å². The molecule has 0 aliphatic heterocycles. The largest absolute Gasteiger partial charge is 0.481 e. The van der Waals surface area contributed by atoms with E-state index >= 15 is 0 Å². The van der Waals surface area contributed by atoms with Gasteiger partial charge in [0.05, 0.1) is 6.42 Å². The first-order valence-corrected chi connectivity index (χ1v) is 5.44. The third kappa shape index (κ3) is 1.37. The van der Waals surface area contributed by atoms with Crippen LogP contribution in [0.3, 0.4) is 0 Å². The maximum absolute atomic E-state index is 10.5. The SMILES string of the molecule is CC1(C)/C(=C\CC(=O)O)C2CCC1C2. The molecule has 2 rings (SSSR count). The highest BCUT2D eigenvalue weighted by atomic mass is 16.4. The fourth-order valence-electron chi connectivity index (χ4n) is 3.31. The molecular weight excluding hydrogens is 176 g/mol.